The molecule has 2 aliphatic carbocycles. The van der Waals surface area contributed by atoms with Gasteiger partial charge in [-0.1, -0.05) is 36.8 Å². The predicted molar refractivity (Wildman–Crippen MR) is 166 cm³/mol. The molecule has 3 aromatic carbocycles. The Morgan fingerprint density at radius 3 is 2.43 bits per heavy atom. The first-order valence-corrected chi connectivity index (χ1v) is 14.9. The Balaban J connectivity index is 1.32. The van der Waals surface area contributed by atoms with Gasteiger partial charge in [0.1, 0.15) is 17.6 Å². The van der Waals surface area contributed by atoms with Gasteiger partial charge < -0.3 is 25.0 Å². The number of hydrogen-bond donors (Lipinski definition) is 1. The molecule has 4 aliphatic rings. The standard InChI is InChI=1S/C35H38N4O3/c1-38-22-34(23-38)19-28(20-34)42-31-18-25(30(13-16-36)37-26-7-4-3-5-8-26)17-29-32(31)39(33(40)35(29)14-6-15-35)21-24-9-11-27(41-2)12-10-24/h3-5,7-13,16-18,28H,6,14-15,19-23,36H2,1-2H3. The van der Waals surface area contributed by atoms with Gasteiger partial charge in [0.2, 0.25) is 5.91 Å². The van der Waals surface area contributed by atoms with Crippen LogP contribution < -0.4 is 20.1 Å². The van der Waals surface area contributed by atoms with E-state index in [0.29, 0.717) is 12.0 Å². The highest BCUT2D eigenvalue weighted by molar-refractivity contribution is 6.14. The Morgan fingerprint density at radius 2 is 1.81 bits per heavy atom. The lowest BCUT2D eigenvalue weighted by atomic mass is 9.62. The summed E-state index contributed by atoms with van der Waals surface area (Å²) in [5.74, 6) is 1.74. The van der Waals surface area contributed by atoms with E-state index >= 15 is 0 Å². The maximum Gasteiger partial charge on any atom is 0.238 e. The van der Waals surface area contributed by atoms with E-state index in [0.717, 1.165) is 90.5 Å². The number of nitrogens with two attached hydrogens (primary N) is 1. The van der Waals surface area contributed by atoms with Gasteiger partial charge in [0.05, 0.1) is 36.2 Å². The molecule has 0 radical (unpaired) electrons. The molecule has 0 aromatic heterocycles. The summed E-state index contributed by atoms with van der Waals surface area (Å²) in [5, 5.41) is 0. The van der Waals surface area contributed by atoms with Gasteiger partial charge in [-0.05, 0) is 92.5 Å². The molecule has 216 valence electrons. The molecule has 2 aliphatic heterocycles. The SMILES string of the molecule is COc1ccc(CN2C(=O)C3(CCC3)c3cc(C(C=CN)=Nc4ccccc4)cc(OC4CC5(C4)CN(C)C5)c32)cc1. The number of benzene rings is 3. The molecule has 0 atom stereocenters. The number of aliphatic imine (C=N–C) groups is 1. The Bertz CT molecular complexity index is 1550. The van der Waals surface area contributed by atoms with E-state index in [-0.39, 0.29) is 12.0 Å². The van der Waals surface area contributed by atoms with Gasteiger partial charge in [-0.25, -0.2) is 4.99 Å². The molecule has 1 amide bonds. The van der Waals surface area contributed by atoms with Crippen LogP contribution in [0.5, 0.6) is 11.5 Å². The first kappa shape index (κ1) is 26.8. The zero-order valence-electron chi connectivity index (χ0n) is 24.4. The van der Waals surface area contributed by atoms with E-state index < -0.39 is 5.41 Å². The monoisotopic (exact) mass is 562 g/mol. The van der Waals surface area contributed by atoms with Crippen LogP contribution >= 0.6 is 0 Å². The van der Waals surface area contributed by atoms with Crippen LogP contribution in [0, 0.1) is 5.41 Å². The Hall–Kier alpha value is -4.10. The first-order chi connectivity index (χ1) is 20.4. The molecule has 2 spiro atoms. The van der Waals surface area contributed by atoms with Gasteiger partial charge in [-0.15, -0.1) is 0 Å². The number of fused-ring (bicyclic) bond motifs is 2. The number of nitrogens with zero attached hydrogens (tertiary/aromatic N) is 3. The van der Waals surface area contributed by atoms with Gasteiger partial charge >= 0.3 is 0 Å². The number of hydrogen-bond acceptors (Lipinski definition) is 6. The van der Waals surface area contributed by atoms with Crippen LogP contribution in [-0.2, 0) is 16.8 Å². The van der Waals surface area contributed by atoms with Crippen molar-refractivity contribution >= 4 is 23.0 Å². The van der Waals surface area contributed by atoms with Gasteiger partial charge in [0.25, 0.3) is 0 Å². The lowest BCUT2D eigenvalue weighted by Crippen LogP contribution is -2.63. The summed E-state index contributed by atoms with van der Waals surface area (Å²) in [4.78, 5) is 23.6. The van der Waals surface area contributed by atoms with Gasteiger partial charge in [-0.2, -0.15) is 0 Å². The van der Waals surface area contributed by atoms with E-state index in [2.05, 4.69) is 24.1 Å². The summed E-state index contributed by atoms with van der Waals surface area (Å²) in [7, 11) is 3.84. The minimum atomic E-state index is -0.516. The highest BCUT2D eigenvalue weighted by Crippen LogP contribution is 2.58. The van der Waals surface area contributed by atoms with Gasteiger partial charge in [0.15, 0.2) is 0 Å². The third-order valence-electron chi connectivity index (χ3n) is 9.60. The van der Waals surface area contributed by atoms with Crippen molar-refractivity contribution < 1.29 is 14.3 Å². The number of anilines is 1. The minimum absolute atomic E-state index is 0.133. The molecule has 7 nitrogen and oxygen atoms in total. The molecule has 7 heteroatoms. The summed E-state index contributed by atoms with van der Waals surface area (Å²) in [5.41, 5.74) is 11.3. The quantitative estimate of drug-likeness (QED) is 0.355. The number of allylic oxidation sites excluding steroid dienone is 1. The smallest absolute Gasteiger partial charge is 0.238 e. The Morgan fingerprint density at radius 1 is 1.07 bits per heavy atom. The van der Waals surface area contributed by atoms with E-state index in [4.69, 9.17) is 20.2 Å². The molecule has 1 saturated heterocycles. The molecule has 42 heavy (non-hydrogen) atoms. The predicted octanol–water partition coefficient (Wildman–Crippen LogP) is 5.73. The largest absolute Gasteiger partial charge is 0.497 e. The highest BCUT2D eigenvalue weighted by atomic mass is 16.5. The first-order valence-electron chi connectivity index (χ1n) is 14.9. The van der Waals surface area contributed by atoms with Gasteiger partial charge in [-0.3, -0.25) is 4.79 Å². The number of methoxy groups -OCH3 is 1. The molecule has 7 rings (SSSR count). The number of para-hydroxylation sites is 1. The van der Waals surface area contributed by atoms with E-state index in [9.17, 15) is 4.79 Å². The van der Waals surface area contributed by atoms with Crippen LogP contribution in [0.25, 0.3) is 0 Å². The third-order valence-corrected chi connectivity index (χ3v) is 9.60. The average molecular weight is 563 g/mol. The van der Waals surface area contributed by atoms with Crippen molar-refractivity contribution in [2.24, 2.45) is 16.1 Å². The molecule has 0 bridgehead atoms. The van der Waals surface area contributed by atoms with Gasteiger partial charge in [0, 0.05) is 24.1 Å². The molecule has 0 unspecified atom stereocenters. The second-order valence-corrected chi connectivity index (χ2v) is 12.6. The van der Waals surface area contributed by atoms with Crippen LogP contribution in [0.1, 0.15) is 48.8 Å². The lowest BCUT2D eigenvalue weighted by Gasteiger charge is -2.57. The second kappa shape index (κ2) is 10.3. The lowest BCUT2D eigenvalue weighted by molar-refractivity contribution is -0.126. The normalized spacial score (nSPS) is 20.9. The zero-order chi connectivity index (χ0) is 28.9. The van der Waals surface area contributed by atoms with Crippen molar-refractivity contribution in [2.45, 2.75) is 50.2 Å². The van der Waals surface area contributed by atoms with Crippen LogP contribution in [0.15, 0.2) is 84.0 Å². The minimum Gasteiger partial charge on any atom is -0.497 e. The number of amides is 1. The molecule has 3 aromatic rings. The Kier molecular flexibility index (Phi) is 6.58. The van der Waals surface area contributed by atoms with Crippen LogP contribution in [0.3, 0.4) is 0 Å². The van der Waals surface area contributed by atoms with Crippen molar-refractivity contribution in [3.05, 3.63) is 95.7 Å². The summed E-state index contributed by atoms with van der Waals surface area (Å²) >= 11 is 0. The van der Waals surface area contributed by atoms with Crippen molar-refractivity contribution in [2.75, 3.05) is 32.1 Å². The molecule has 2 heterocycles. The van der Waals surface area contributed by atoms with E-state index in [1.165, 1.54) is 6.20 Å². The van der Waals surface area contributed by atoms with E-state index in [1.807, 2.05) is 65.6 Å². The average Bonchev–Trinajstić information content (AvgIpc) is 3.19. The zero-order valence-corrected chi connectivity index (χ0v) is 24.4. The summed E-state index contributed by atoms with van der Waals surface area (Å²) in [6.07, 6.45) is 8.31. The van der Waals surface area contributed by atoms with Crippen molar-refractivity contribution in [3.63, 3.8) is 0 Å². The third kappa shape index (κ3) is 4.47. The number of likely N-dealkylation sites (tertiary alicyclic amines) is 1. The van der Waals surface area contributed by atoms with Crippen molar-refractivity contribution in [1.82, 2.24) is 4.90 Å². The maximum absolute atomic E-state index is 14.3. The maximum atomic E-state index is 14.3. The van der Waals surface area contributed by atoms with Crippen molar-refractivity contribution in [3.8, 4) is 11.5 Å². The van der Waals surface area contributed by atoms with Crippen molar-refractivity contribution in [1.29, 1.82) is 0 Å². The number of carbonyl (C=O) groups excluding carboxylic acids is 1. The molecule has 2 saturated carbocycles. The molecular formula is C35H38N4O3. The summed E-state index contributed by atoms with van der Waals surface area (Å²) in [6, 6.07) is 22.1. The molecule has 2 N–H and O–H groups in total. The number of carbonyl (C=O) groups is 1. The van der Waals surface area contributed by atoms with Crippen LogP contribution in [0.4, 0.5) is 11.4 Å². The summed E-state index contributed by atoms with van der Waals surface area (Å²) in [6.45, 7) is 2.75. The van der Waals surface area contributed by atoms with Crippen LogP contribution in [0.2, 0.25) is 0 Å². The topological polar surface area (TPSA) is 80.4 Å². The molecular weight excluding hydrogens is 524 g/mol. The fourth-order valence-corrected chi connectivity index (χ4v) is 7.50. The van der Waals surface area contributed by atoms with Crippen LogP contribution in [-0.4, -0.2) is 49.9 Å². The van der Waals surface area contributed by atoms with E-state index in [1.54, 1.807) is 7.11 Å². The number of rotatable bonds is 8. The highest BCUT2D eigenvalue weighted by Gasteiger charge is 2.57. The fraction of sp³-hybridized carbons (Fsp3) is 0.371. The molecule has 3 fully saturated rings. The Labute approximate surface area is 247 Å². The second-order valence-electron chi connectivity index (χ2n) is 12.6. The summed E-state index contributed by atoms with van der Waals surface area (Å²) < 4.78 is 12.2. The number of ether oxygens (including phenoxy) is 2. The fourth-order valence-electron chi connectivity index (χ4n) is 7.50.